The third-order valence-electron chi connectivity index (χ3n) is 11.5. The second-order valence-corrected chi connectivity index (χ2v) is 15.2. The third kappa shape index (κ3) is 6.86. The summed E-state index contributed by atoms with van der Waals surface area (Å²) in [6, 6.07) is 81.1. The van der Waals surface area contributed by atoms with Crippen molar-refractivity contribution in [2.45, 2.75) is 0 Å². The van der Waals surface area contributed by atoms with Gasteiger partial charge in [-0.25, -0.2) is 15.0 Å². The molecule has 0 N–H and O–H groups in total. The molecule has 0 bridgehead atoms. The number of nitrogens with zero attached hydrogens (tertiary/aromatic N) is 4. The fourth-order valence-electron chi connectivity index (χ4n) is 8.44. The van der Waals surface area contributed by atoms with Gasteiger partial charge in [-0.1, -0.05) is 194 Å². The van der Waals surface area contributed by atoms with E-state index in [-0.39, 0.29) is 0 Å². The summed E-state index contributed by atoms with van der Waals surface area (Å²) in [4.78, 5) is 15.5. The molecule has 0 unspecified atom stereocenters. The largest absolute Gasteiger partial charge is 0.309 e. The Hall–Kier alpha value is -8.21. The summed E-state index contributed by atoms with van der Waals surface area (Å²) >= 11 is 0. The minimum Gasteiger partial charge on any atom is -0.309 e. The van der Waals surface area contributed by atoms with Crippen LogP contribution in [0, 0.1) is 0 Å². The molecule has 0 aliphatic carbocycles. The molecule has 4 nitrogen and oxygen atoms in total. The molecule has 0 spiro atoms. The van der Waals surface area contributed by atoms with Gasteiger partial charge in [-0.15, -0.1) is 0 Å². The summed E-state index contributed by atoms with van der Waals surface area (Å²) in [5, 5.41) is 2.46. The summed E-state index contributed by atoms with van der Waals surface area (Å²) in [5.41, 5.74) is 15.4. The van der Waals surface area contributed by atoms with Gasteiger partial charge in [0, 0.05) is 33.2 Å². The van der Waals surface area contributed by atoms with Gasteiger partial charge in [0.2, 0.25) is 0 Å². The van der Waals surface area contributed by atoms with Gasteiger partial charge >= 0.3 is 0 Å². The topological polar surface area (TPSA) is 43.6 Å². The van der Waals surface area contributed by atoms with E-state index in [1.54, 1.807) is 0 Å². The first-order valence-electron chi connectivity index (χ1n) is 20.6. The first kappa shape index (κ1) is 35.9. The summed E-state index contributed by atoms with van der Waals surface area (Å²) < 4.78 is 2.35. The molecular weight excluding hydrogens is 741 g/mol. The molecular formula is C57H38N4. The standard InChI is InChI=1S/C57H38N4/c1-4-15-39(16-5-1)41-27-31-43(32-28-41)55-58-56(44-33-29-42(30-34-44)40-17-6-2-7-18-40)60-57(59-55)51-25-11-10-23-49(51)47-20-14-19-45(37-47)46-35-36-54-52(38-46)50-24-12-13-26-53(50)61(54)48-21-8-3-9-22-48/h1-38H. The molecule has 2 aromatic heterocycles. The second kappa shape index (κ2) is 15.5. The SMILES string of the molecule is c1ccc(-c2ccc(-c3nc(-c4ccc(-c5ccccc5)cc4)nc(-c4ccccc4-c4cccc(-c5ccc6c(c5)c5ccccc5n6-c5ccccc5)c4)n3)cc2)cc1. The van der Waals surface area contributed by atoms with Crippen molar-refractivity contribution >= 4 is 21.8 Å². The molecule has 0 fully saturated rings. The summed E-state index contributed by atoms with van der Waals surface area (Å²) in [5.74, 6) is 1.87. The van der Waals surface area contributed by atoms with E-state index in [1.807, 2.05) is 12.1 Å². The Kier molecular flexibility index (Phi) is 9.14. The monoisotopic (exact) mass is 778 g/mol. The molecule has 0 amide bonds. The van der Waals surface area contributed by atoms with Crippen molar-refractivity contribution in [3.8, 4) is 84.4 Å². The molecule has 0 saturated heterocycles. The number of para-hydroxylation sites is 2. The highest BCUT2D eigenvalue weighted by Gasteiger charge is 2.18. The third-order valence-corrected chi connectivity index (χ3v) is 11.5. The lowest BCUT2D eigenvalue weighted by molar-refractivity contribution is 1.07. The lowest BCUT2D eigenvalue weighted by Crippen LogP contribution is -2.01. The maximum atomic E-state index is 5.20. The van der Waals surface area contributed by atoms with Gasteiger partial charge in [-0.3, -0.25) is 0 Å². The Balaban J connectivity index is 1.01. The van der Waals surface area contributed by atoms with E-state index in [4.69, 9.17) is 15.0 Å². The molecule has 4 heteroatoms. The van der Waals surface area contributed by atoms with E-state index >= 15 is 0 Å². The van der Waals surface area contributed by atoms with Gasteiger partial charge in [0.15, 0.2) is 17.5 Å². The van der Waals surface area contributed by atoms with Crippen LogP contribution in [-0.2, 0) is 0 Å². The zero-order valence-electron chi connectivity index (χ0n) is 33.2. The van der Waals surface area contributed by atoms with Gasteiger partial charge in [0.1, 0.15) is 0 Å². The summed E-state index contributed by atoms with van der Waals surface area (Å²) in [6.45, 7) is 0. The zero-order valence-corrected chi connectivity index (χ0v) is 33.2. The first-order valence-corrected chi connectivity index (χ1v) is 20.6. The van der Waals surface area contributed by atoms with E-state index in [9.17, 15) is 0 Å². The quantitative estimate of drug-likeness (QED) is 0.154. The van der Waals surface area contributed by atoms with Crippen LogP contribution in [0.5, 0.6) is 0 Å². The average Bonchev–Trinajstić information content (AvgIpc) is 3.68. The second-order valence-electron chi connectivity index (χ2n) is 15.2. The zero-order chi connectivity index (χ0) is 40.5. The number of rotatable bonds is 8. The smallest absolute Gasteiger partial charge is 0.164 e. The number of benzene rings is 9. The molecule has 61 heavy (non-hydrogen) atoms. The van der Waals surface area contributed by atoms with E-state index in [2.05, 4.69) is 223 Å². The van der Waals surface area contributed by atoms with Crippen molar-refractivity contribution in [1.29, 1.82) is 0 Å². The van der Waals surface area contributed by atoms with Crippen LogP contribution in [0.3, 0.4) is 0 Å². The number of hydrogen-bond acceptors (Lipinski definition) is 3. The molecule has 0 saturated carbocycles. The normalized spacial score (nSPS) is 11.3. The van der Waals surface area contributed by atoms with E-state index in [0.717, 1.165) is 55.8 Å². The van der Waals surface area contributed by atoms with E-state index in [1.165, 1.54) is 32.9 Å². The Morgan fingerprint density at radius 3 is 1.31 bits per heavy atom. The van der Waals surface area contributed by atoms with Crippen LogP contribution in [0.15, 0.2) is 231 Å². The van der Waals surface area contributed by atoms with Crippen LogP contribution in [0.1, 0.15) is 0 Å². The summed E-state index contributed by atoms with van der Waals surface area (Å²) in [6.07, 6.45) is 0. The van der Waals surface area contributed by atoms with Gasteiger partial charge in [-0.05, 0) is 80.9 Å². The number of fused-ring (bicyclic) bond motifs is 3. The minimum atomic E-state index is 0.621. The molecule has 9 aromatic carbocycles. The predicted molar refractivity (Wildman–Crippen MR) is 252 cm³/mol. The summed E-state index contributed by atoms with van der Waals surface area (Å²) in [7, 11) is 0. The van der Waals surface area contributed by atoms with Crippen molar-refractivity contribution in [3.63, 3.8) is 0 Å². The highest BCUT2D eigenvalue weighted by molar-refractivity contribution is 6.10. The van der Waals surface area contributed by atoms with Crippen molar-refractivity contribution in [1.82, 2.24) is 19.5 Å². The Morgan fingerprint density at radius 2 is 0.672 bits per heavy atom. The van der Waals surface area contributed by atoms with Crippen molar-refractivity contribution in [2.24, 2.45) is 0 Å². The van der Waals surface area contributed by atoms with E-state index in [0.29, 0.717) is 17.5 Å². The number of aromatic nitrogens is 4. The van der Waals surface area contributed by atoms with Crippen LogP contribution in [-0.4, -0.2) is 19.5 Å². The first-order chi connectivity index (χ1) is 30.2. The van der Waals surface area contributed by atoms with Crippen LogP contribution in [0.4, 0.5) is 0 Å². The Morgan fingerprint density at radius 1 is 0.246 bits per heavy atom. The predicted octanol–water partition coefficient (Wildman–Crippen LogP) is 14.6. The molecule has 11 rings (SSSR count). The molecule has 0 atom stereocenters. The molecule has 0 aliphatic rings. The maximum absolute atomic E-state index is 5.20. The van der Waals surface area contributed by atoms with Crippen molar-refractivity contribution in [2.75, 3.05) is 0 Å². The molecule has 286 valence electrons. The highest BCUT2D eigenvalue weighted by Crippen LogP contribution is 2.38. The lowest BCUT2D eigenvalue weighted by atomic mass is 9.95. The molecule has 2 heterocycles. The van der Waals surface area contributed by atoms with Crippen molar-refractivity contribution in [3.05, 3.63) is 231 Å². The molecule has 11 aromatic rings. The van der Waals surface area contributed by atoms with Crippen LogP contribution < -0.4 is 0 Å². The Labute approximate surface area is 354 Å². The lowest BCUT2D eigenvalue weighted by Gasteiger charge is -2.13. The maximum Gasteiger partial charge on any atom is 0.164 e. The van der Waals surface area contributed by atoms with Crippen LogP contribution in [0.25, 0.3) is 106 Å². The van der Waals surface area contributed by atoms with E-state index < -0.39 is 0 Å². The van der Waals surface area contributed by atoms with Crippen molar-refractivity contribution < 1.29 is 0 Å². The van der Waals surface area contributed by atoms with Crippen LogP contribution >= 0.6 is 0 Å². The van der Waals surface area contributed by atoms with Crippen LogP contribution in [0.2, 0.25) is 0 Å². The highest BCUT2D eigenvalue weighted by atomic mass is 15.0. The fraction of sp³-hybridized carbons (Fsp3) is 0. The fourth-order valence-corrected chi connectivity index (χ4v) is 8.44. The molecule has 0 radical (unpaired) electrons. The van der Waals surface area contributed by atoms with Gasteiger partial charge in [-0.2, -0.15) is 0 Å². The van der Waals surface area contributed by atoms with Gasteiger partial charge in [0.25, 0.3) is 0 Å². The Bertz CT molecular complexity index is 3220. The minimum absolute atomic E-state index is 0.621. The van der Waals surface area contributed by atoms with Gasteiger partial charge < -0.3 is 4.57 Å². The average molecular weight is 779 g/mol. The number of hydrogen-bond donors (Lipinski definition) is 0. The van der Waals surface area contributed by atoms with Gasteiger partial charge in [0.05, 0.1) is 11.0 Å². The molecule has 0 aliphatic heterocycles.